The molecule has 1 aromatic carbocycles. The molecule has 0 bridgehead atoms. The van der Waals surface area contributed by atoms with E-state index in [9.17, 15) is 19.2 Å². The van der Waals surface area contributed by atoms with Crippen molar-refractivity contribution in [2.75, 3.05) is 13.1 Å². The molecule has 1 aliphatic rings. The van der Waals surface area contributed by atoms with Crippen LogP contribution in [0.2, 0.25) is 0 Å². The molecule has 2 N–H and O–H groups in total. The van der Waals surface area contributed by atoms with Gasteiger partial charge in [0, 0.05) is 18.1 Å². The van der Waals surface area contributed by atoms with Crippen LogP contribution in [0.3, 0.4) is 0 Å². The molecule has 1 atom stereocenters. The molecule has 0 saturated heterocycles. The average Bonchev–Trinajstić information content (AvgIpc) is 3.35. The van der Waals surface area contributed by atoms with Gasteiger partial charge in [-0.3, -0.25) is 19.2 Å². The number of Topliss-reactive ketones (excluding diaryl/α,β-unsaturated/α-hetero) is 1. The summed E-state index contributed by atoms with van der Waals surface area (Å²) in [5.74, 6) is -1.75. The summed E-state index contributed by atoms with van der Waals surface area (Å²) in [6, 6.07) is 8.89. The molecule has 0 radical (unpaired) electrons. The van der Waals surface area contributed by atoms with E-state index < -0.39 is 11.5 Å². The van der Waals surface area contributed by atoms with Gasteiger partial charge in [0.05, 0.1) is 13.1 Å². The standard InChI is InChI=1S/C37H46N2O5/c1-3-4-5-6-7-8-9-10-11-12-13-14-15-16-17-18-19-20-24-27-35(42)38-29-32(40)30-39-36(43)33-28-34(41)37(2,44-33)31-25-22-21-23-26-31/h4-5,7-8,10-11,13-14,16-17,19-23,25-26,28H,3,6,9,12,15,18,24,27,29-30H2,1-2H3,(H,38,42)(H,39,43)/b5-4-,8-7-,11-10-,14-13-,17-16-,20-19-. The Kier molecular flexibility index (Phi) is 17.2. The monoisotopic (exact) mass is 598 g/mol. The summed E-state index contributed by atoms with van der Waals surface area (Å²) in [7, 11) is 0. The summed E-state index contributed by atoms with van der Waals surface area (Å²) in [4.78, 5) is 49.1. The highest BCUT2D eigenvalue weighted by atomic mass is 16.5. The number of hydrogen-bond donors (Lipinski definition) is 2. The first kappa shape index (κ1) is 35.7. The van der Waals surface area contributed by atoms with Gasteiger partial charge < -0.3 is 15.4 Å². The Bertz CT molecular complexity index is 1280. The molecule has 44 heavy (non-hydrogen) atoms. The summed E-state index contributed by atoms with van der Waals surface area (Å²) < 4.78 is 5.67. The first-order valence-corrected chi connectivity index (χ1v) is 15.3. The summed E-state index contributed by atoms with van der Waals surface area (Å²) in [6.07, 6.45) is 33.2. The van der Waals surface area contributed by atoms with Gasteiger partial charge in [-0.25, -0.2) is 0 Å². The van der Waals surface area contributed by atoms with E-state index in [1.54, 1.807) is 31.2 Å². The molecule has 1 unspecified atom stereocenters. The van der Waals surface area contributed by atoms with Crippen molar-refractivity contribution in [1.82, 2.24) is 10.6 Å². The van der Waals surface area contributed by atoms with E-state index in [1.807, 2.05) is 18.2 Å². The van der Waals surface area contributed by atoms with Gasteiger partial charge >= 0.3 is 0 Å². The topological polar surface area (TPSA) is 102 Å². The highest BCUT2D eigenvalue weighted by Gasteiger charge is 2.43. The fraction of sp³-hybridized carbons (Fsp3) is 0.351. The first-order chi connectivity index (χ1) is 21.4. The lowest BCUT2D eigenvalue weighted by atomic mass is 9.92. The summed E-state index contributed by atoms with van der Waals surface area (Å²) in [5, 5.41) is 5.02. The normalized spacial score (nSPS) is 17.0. The Balaban J connectivity index is 1.50. The van der Waals surface area contributed by atoms with E-state index in [2.05, 4.69) is 78.3 Å². The van der Waals surface area contributed by atoms with Crippen LogP contribution in [0.1, 0.15) is 70.8 Å². The maximum Gasteiger partial charge on any atom is 0.286 e. The minimum Gasteiger partial charge on any atom is -0.469 e. The number of rotatable bonds is 20. The summed E-state index contributed by atoms with van der Waals surface area (Å²) in [6.45, 7) is 3.26. The number of amides is 2. The van der Waals surface area contributed by atoms with Crippen LogP contribution in [-0.2, 0) is 29.5 Å². The molecule has 0 fully saturated rings. The zero-order valence-corrected chi connectivity index (χ0v) is 26.0. The second-order valence-corrected chi connectivity index (χ2v) is 10.3. The van der Waals surface area contributed by atoms with Crippen molar-refractivity contribution in [2.24, 2.45) is 0 Å². The fourth-order valence-corrected chi connectivity index (χ4v) is 4.09. The molecule has 2 amide bonds. The Morgan fingerprint density at radius 2 is 1.23 bits per heavy atom. The summed E-state index contributed by atoms with van der Waals surface area (Å²) >= 11 is 0. The van der Waals surface area contributed by atoms with Gasteiger partial charge in [0.1, 0.15) is 0 Å². The zero-order valence-electron chi connectivity index (χ0n) is 26.0. The highest BCUT2D eigenvalue weighted by molar-refractivity contribution is 6.08. The minimum atomic E-state index is -1.28. The van der Waals surface area contributed by atoms with Gasteiger partial charge in [-0.15, -0.1) is 0 Å². The molecule has 0 spiro atoms. The van der Waals surface area contributed by atoms with Crippen molar-refractivity contribution in [3.63, 3.8) is 0 Å². The SMILES string of the molecule is CC/C=C\C/C=C\C/C=C\C/C=C\C/C=C\C/C=C\CCC(=O)NCC(=O)CNC(=O)C1=CC(=O)C(C)(c2ccccc2)O1. The molecule has 0 aromatic heterocycles. The van der Waals surface area contributed by atoms with E-state index in [-0.39, 0.29) is 42.7 Å². The first-order valence-electron chi connectivity index (χ1n) is 15.3. The number of allylic oxidation sites excluding steroid dienone is 12. The van der Waals surface area contributed by atoms with Crippen LogP contribution < -0.4 is 10.6 Å². The second kappa shape index (κ2) is 21.2. The maximum absolute atomic E-state index is 12.5. The number of nitrogens with one attached hydrogen (secondary N) is 2. The second-order valence-electron chi connectivity index (χ2n) is 10.3. The van der Waals surface area contributed by atoms with E-state index in [0.717, 1.165) is 44.6 Å². The van der Waals surface area contributed by atoms with Crippen LogP contribution in [0, 0.1) is 0 Å². The smallest absolute Gasteiger partial charge is 0.286 e. The van der Waals surface area contributed by atoms with Crippen molar-refractivity contribution in [2.45, 2.75) is 70.8 Å². The Morgan fingerprint density at radius 1 is 0.727 bits per heavy atom. The number of carbonyl (C=O) groups excluding carboxylic acids is 4. The number of ether oxygens (including phenoxy) is 1. The molecule has 1 aliphatic heterocycles. The number of carbonyl (C=O) groups is 4. The third kappa shape index (κ3) is 14.1. The molecule has 234 valence electrons. The molecule has 7 heteroatoms. The van der Waals surface area contributed by atoms with Gasteiger partial charge in [0.15, 0.2) is 17.1 Å². The number of hydrogen-bond acceptors (Lipinski definition) is 5. The molecule has 7 nitrogen and oxygen atoms in total. The third-order valence-corrected chi connectivity index (χ3v) is 6.66. The lowest BCUT2D eigenvalue weighted by Crippen LogP contribution is -2.38. The number of ketones is 2. The van der Waals surface area contributed by atoms with Gasteiger partial charge in [0.2, 0.25) is 11.7 Å². The summed E-state index contributed by atoms with van der Waals surface area (Å²) in [5.41, 5.74) is -0.651. The molecule has 0 aliphatic carbocycles. The van der Waals surface area contributed by atoms with Crippen molar-refractivity contribution in [3.05, 3.63) is 121 Å². The minimum absolute atomic E-state index is 0.144. The van der Waals surface area contributed by atoms with Crippen LogP contribution in [0.15, 0.2) is 115 Å². The van der Waals surface area contributed by atoms with Crippen LogP contribution in [-0.4, -0.2) is 36.5 Å². The van der Waals surface area contributed by atoms with Crippen LogP contribution in [0.5, 0.6) is 0 Å². The van der Waals surface area contributed by atoms with Gasteiger partial charge in [-0.1, -0.05) is 110 Å². The van der Waals surface area contributed by atoms with E-state index in [0.29, 0.717) is 12.0 Å². The van der Waals surface area contributed by atoms with E-state index in [1.165, 1.54) is 0 Å². The average molecular weight is 599 g/mol. The van der Waals surface area contributed by atoms with Crippen molar-refractivity contribution < 1.29 is 23.9 Å². The Morgan fingerprint density at radius 3 is 1.77 bits per heavy atom. The highest BCUT2D eigenvalue weighted by Crippen LogP contribution is 2.34. The Hall–Kier alpha value is -4.52. The van der Waals surface area contributed by atoms with Crippen molar-refractivity contribution >= 4 is 23.4 Å². The van der Waals surface area contributed by atoms with Crippen molar-refractivity contribution in [1.29, 1.82) is 0 Å². The van der Waals surface area contributed by atoms with Crippen molar-refractivity contribution in [3.8, 4) is 0 Å². The zero-order chi connectivity index (χ0) is 31.9. The quantitative estimate of drug-likeness (QED) is 0.163. The lowest BCUT2D eigenvalue weighted by molar-refractivity contribution is -0.133. The van der Waals surface area contributed by atoms with Crippen LogP contribution in [0.4, 0.5) is 0 Å². The lowest BCUT2D eigenvalue weighted by Gasteiger charge is -2.23. The molecule has 1 heterocycles. The predicted octanol–water partition coefficient (Wildman–Crippen LogP) is 6.66. The molecule has 1 aromatic rings. The fourth-order valence-electron chi connectivity index (χ4n) is 4.09. The van der Waals surface area contributed by atoms with Crippen LogP contribution in [0.25, 0.3) is 0 Å². The predicted molar refractivity (Wildman–Crippen MR) is 176 cm³/mol. The third-order valence-electron chi connectivity index (χ3n) is 6.66. The Labute approximate surface area is 262 Å². The molecular weight excluding hydrogens is 552 g/mol. The number of benzene rings is 1. The largest absolute Gasteiger partial charge is 0.469 e. The van der Waals surface area contributed by atoms with Crippen LogP contribution >= 0.6 is 0 Å². The van der Waals surface area contributed by atoms with Gasteiger partial charge in [0.25, 0.3) is 5.91 Å². The molecule has 0 saturated carbocycles. The molecular formula is C37H46N2O5. The maximum atomic E-state index is 12.5. The van der Waals surface area contributed by atoms with E-state index in [4.69, 9.17) is 4.74 Å². The van der Waals surface area contributed by atoms with E-state index >= 15 is 0 Å². The van der Waals surface area contributed by atoms with Gasteiger partial charge in [-0.05, 0) is 51.9 Å². The molecule has 2 rings (SSSR count). The van der Waals surface area contributed by atoms with Gasteiger partial charge in [-0.2, -0.15) is 0 Å².